The molecule has 2 rings (SSSR count). The van der Waals surface area contributed by atoms with Gasteiger partial charge in [0.2, 0.25) is 0 Å². The van der Waals surface area contributed by atoms with Crippen LogP contribution in [0.4, 0.5) is 27.6 Å². The molecule has 0 aliphatic heterocycles. The summed E-state index contributed by atoms with van der Waals surface area (Å²) in [5.74, 6) is -7.83. The van der Waals surface area contributed by atoms with Crippen LogP contribution in [0.2, 0.25) is 0 Å². The van der Waals surface area contributed by atoms with Crippen molar-refractivity contribution in [1.29, 1.82) is 0 Å². The number of hydrogen-bond acceptors (Lipinski definition) is 1. The molecule has 1 N–H and O–H groups in total. The van der Waals surface area contributed by atoms with Gasteiger partial charge in [0.15, 0.2) is 0 Å². The summed E-state index contributed by atoms with van der Waals surface area (Å²) < 4.78 is 61.7. The van der Waals surface area contributed by atoms with Gasteiger partial charge in [-0.3, -0.25) is 4.79 Å². The van der Waals surface area contributed by atoms with E-state index in [4.69, 9.17) is 0 Å². The van der Waals surface area contributed by atoms with Gasteiger partial charge >= 0.3 is 18.0 Å². The first-order valence-corrected chi connectivity index (χ1v) is 5.46. The smallest absolute Gasteiger partial charge is 0.321 e. The average Bonchev–Trinajstić information content (AvgIpc) is 2.37. The third-order valence-electron chi connectivity index (χ3n) is 2.65. The van der Waals surface area contributed by atoms with Crippen LogP contribution >= 0.6 is 0 Å². The molecule has 0 aliphatic carbocycles. The minimum Gasteiger partial charge on any atom is -0.321 e. The highest BCUT2D eigenvalue weighted by Gasteiger charge is 2.63. The topological polar surface area (TPSA) is 29.1 Å². The van der Waals surface area contributed by atoms with E-state index >= 15 is 0 Å². The Morgan fingerprint density at radius 3 is 2.10 bits per heavy atom. The second-order valence-corrected chi connectivity index (χ2v) is 4.09. The number of rotatable bonds is 2. The summed E-state index contributed by atoms with van der Waals surface area (Å²) >= 11 is 0. The first-order chi connectivity index (χ1) is 9.22. The van der Waals surface area contributed by atoms with Gasteiger partial charge in [-0.2, -0.15) is 22.0 Å². The van der Waals surface area contributed by atoms with Crippen LogP contribution in [0.3, 0.4) is 0 Å². The average molecular weight is 289 g/mol. The van der Waals surface area contributed by atoms with Crippen molar-refractivity contribution < 1.29 is 26.7 Å². The SMILES string of the molecule is O=C(Nc1ccc2ccccc2c1)C(F)(F)C(F)(F)F. The van der Waals surface area contributed by atoms with Crippen molar-refractivity contribution in [3.05, 3.63) is 42.5 Å². The summed E-state index contributed by atoms with van der Waals surface area (Å²) in [4.78, 5) is 11.0. The lowest BCUT2D eigenvalue weighted by molar-refractivity contribution is -0.267. The number of halogens is 5. The number of fused-ring (bicyclic) bond motifs is 1. The monoisotopic (exact) mass is 289 g/mol. The molecular formula is C13H8F5NO. The minimum absolute atomic E-state index is 0.127. The second-order valence-electron chi connectivity index (χ2n) is 4.09. The Morgan fingerprint density at radius 2 is 1.50 bits per heavy atom. The number of carbonyl (C=O) groups is 1. The molecule has 106 valence electrons. The van der Waals surface area contributed by atoms with E-state index in [0.29, 0.717) is 5.39 Å². The molecule has 0 spiro atoms. The fraction of sp³-hybridized carbons (Fsp3) is 0.154. The summed E-state index contributed by atoms with van der Waals surface area (Å²) in [6, 6.07) is 10.9. The van der Waals surface area contributed by atoms with Gasteiger partial charge in [-0.15, -0.1) is 0 Å². The standard InChI is InChI=1S/C13H8F5NO/c14-12(15,13(16,17)18)11(20)19-10-6-5-8-3-1-2-4-9(8)7-10/h1-7H,(H,19,20). The van der Waals surface area contributed by atoms with Crippen LogP contribution in [-0.4, -0.2) is 18.0 Å². The maximum atomic E-state index is 12.8. The number of alkyl halides is 5. The largest absolute Gasteiger partial charge is 0.463 e. The lowest BCUT2D eigenvalue weighted by Crippen LogP contribution is -2.47. The Hall–Kier alpha value is -2.18. The molecule has 0 bridgehead atoms. The molecule has 20 heavy (non-hydrogen) atoms. The zero-order chi connectivity index (χ0) is 15.0. The highest BCUT2D eigenvalue weighted by molar-refractivity contribution is 5.98. The van der Waals surface area contributed by atoms with Gasteiger partial charge < -0.3 is 5.32 Å². The van der Waals surface area contributed by atoms with E-state index in [9.17, 15) is 26.7 Å². The van der Waals surface area contributed by atoms with Crippen LogP contribution in [0.5, 0.6) is 0 Å². The van der Waals surface area contributed by atoms with Crippen LogP contribution in [0.15, 0.2) is 42.5 Å². The van der Waals surface area contributed by atoms with Gasteiger partial charge in [0, 0.05) is 5.69 Å². The van der Waals surface area contributed by atoms with Gasteiger partial charge in [0.25, 0.3) is 0 Å². The van der Waals surface area contributed by atoms with Crippen LogP contribution in [0.1, 0.15) is 0 Å². The lowest BCUT2D eigenvalue weighted by Gasteiger charge is -2.18. The predicted molar refractivity (Wildman–Crippen MR) is 63.6 cm³/mol. The molecule has 2 aromatic carbocycles. The van der Waals surface area contributed by atoms with Gasteiger partial charge in [-0.05, 0) is 22.9 Å². The molecule has 2 nitrogen and oxygen atoms in total. The molecule has 0 atom stereocenters. The summed E-state index contributed by atoms with van der Waals surface area (Å²) in [5.41, 5.74) is -0.127. The minimum atomic E-state index is -5.92. The van der Waals surface area contributed by atoms with Crippen LogP contribution in [0.25, 0.3) is 10.8 Å². The fourth-order valence-electron chi connectivity index (χ4n) is 1.61. The van der Waals surface area contributed by atoms with Crippen molar-refractivity contribution in [3.63, 3.8) is 0 Å². The Balaban J connectivity index is 2.26. The molecule has 7 heteroatoms. The molecule has 0 aliphatic rings. The Bertz CT molecular complexity index is 650. The predicted octanol–water partition coefficient (Wildman–Crippen LogP) is 3.98. The quantitative estimate of drug-likeness (QED) is 0.833. The summed E-state index contributed by atoms with van der Waals surface area (Å²) in [6.07, 6.45) is -5.92. The molecule has 0 radical (unpaired) electrons. The van der Waals surface area contributed by atoms with E-state index < -0.39 is 18.0 Å². The zero-order valence-corrected chi connectivity index (χ0v) is 9.84. The van der Waals surface area contributed by atoms with Crippen molar-refractivity contribution in [2.45, 2.75) is 12.1 Å². The van der Waals surface area contributed by atoms with Gasteiger partial charge in [-0.25, -0.2) is 0 Å². The van der Waals surface area contributed by atoms with E-state index in [-0.39, 0.29) is 5.69 Å². The van der Waals surface area contributed by atoms with Gasteiger partial charge in [-0.1, -0.05) is 30.3 Å². The highest BCUT2D eigenvalue weighted by atomic mass is 19.4. The lowest BCUT2D eigenvalue weighted by atomic mass is 10.1. The van der Waals surface area contributed by atoms with Crippen LogP contribution in [0, 0.1) is 0 Å². The highest BCUT2D eigenvalue weighted by Crippen LogP contribution is 2.36. The number of carbonyl (C=O) groups excluding carboxylic acids is 1. The molecule has 0 saturated carbocycles. The molecule has 0 saturated heterocycles. The van der Waals surface area contributed by atoms with Crippen molar-refractivity contribution in [3.8, 4) is 0 Å². The molecular weight excluding hydrogens is 281 g/mol. The van der Waals surface area contributed by atoms with E-state index in [1.54, 1.807) is 29.6 Å². The molecule has 0 fully saturated rings. The fourth-order valence-corrected chi connectivity index (χ4v) is 1.61. The maximum Gasteiger partial charge on any atom is 0.463 e. The normalized spacial score (nSPS) is 12.4. The van der Waals surface area contributed by atoms with Crippen molar-refractivity contribution >= 4 is 22.4 Å². The maximum absolute atomic E-state index is 12.8. The summed E-state index contributed by atoms with van der Waals surface area (Å²) in [5, 5.41) is 2.96. The Kier molecular flexibility index (Phi) is 3.37. The van der Waals surface area contributed by atoms with Crippen molar-refractivity contribution in [2.75, 3.05) is 5.32 Å². The van der Waals surface area contributed by atoms with Crippen molar-refractivity contribution in [2.24, 2.45) is 0 Å². The summed E-state index contributed by atoms with van der Waals surface area (Å²) in [7, 11) is 0. The van der Waals surface area contributed by atoms with E-state index in [1.807, 2.05) is 0 Å². The van der Waals surface area contributed by atoms with E-state index in [2.05, 4.69) is 0 Å². The first kappa shape index (κ1) is 14.2. The Labute approximate surface area is 110 Å². The Morgan fingerprint density at radius 1 is 0.900 bits per heavy atom. The summed E-state index contributed by atoms with van der Waals surface area (Å²) in [6.45, 7) is 0. The number of hydrogen-bond donors (Lipinski definition) is 1. The second kappa shape index (κ2) is 4.73. The molecule has 2 aromatic rings. The molecule has 0 aromatic heterocycles. The van der Waals surface area contributed by atoms with E-state index in [1.165, 1.54) is 18.2 Å². The third-order valence-corrected chi connectivity index (χ3v) is 2.65. The van der Waals surface area contributed by atoms with Crippen LogP contribution < -0.4 is 5.32 Å². The van der Waals surface area contributed by atoms with Gasteiger partial charge in [0.1, 0.15) is 0 Å². The first-order valence-electron chi connectivity index (χ1n) is 5.46. The number of amides is 1. The number of nitrogens with one attached hydrogen (secondary N) is 1. The third kappa shape index (κ3) is 2.56. The number of anilines is 1. The van der Waals surface area contributed by atoms with Crippen molar-refractivity contribution in [1.82, 2.24) is 0 Å². The molecule has 0 heterocycles. The van der Waals surface area contributed by atoms with Gasteiger partial charge in [0.05, 0.1) is 0 Å². The zero-order valence-electron chi connectivity index (χ0n) is 9.84. The van der Waals surface area contributed by atoms with E-state index in [0.717, 1.165) is 5.39 Å². The number of benzene rings is 2. The molecule has 0 unspecified atom stereocenters. The molecule has 1 amide bonds. The van der Waals surface area contributed by atoms with Crippen LogP contribution in [-0.2, 0) is 4.79 Å².